The van der Waals surface area contributed by atoms with Crippen LogP contribution in [0.5, 0.6) is 0 Å². The van der Waals surface area contributed by atoms with Crippen molar-refractivity contribution in [1.82, 2.24) is 0 Å². The Labute approximate surface area is 206 Å². The zero-order chi connectivity index (χ0) is 23.8. The molecule has 1 aliphatic rings. The summed E-state index contributed by atoms with van der Waals surface area (Å²) in [7, 11) is 0. The summed E-state index contributed by atoms with van der Waals surface area (Å²) in [6.45, 7) is 6.28. The van der Waals surface area contributed by atoms with Crippen LogP contribution in [0, 0.1) is 0 Å². The second-order valence-corrected chi connectivity index (χ2v) is 8.97. The number of nitrogens with zero attached hydrogens (tertiary/aromatic N) is 2. The Morgan fingerprint density at radius 1 is 0.714 bits per heavy atom. The maximum atomic E-state index is 2.40. The number of aryl methyl sites for hydroxylation is 1. The summed E-state index contributed by atoms with van der Waals surface area (Å²) >= 11 is 0. The quantitative estimate of drug-likeness (QED) is 0.198. The molecule has 0 atom stereocenters. The van der Waals surface area contributed by atoms with Crippen LogP contribution in [0.3, 0.4) is 0 Å². The highest BCUT2D eigenvalue weighted by Gasteiger charge is 2.18. The molecule has 0 N–H and O–H groups in total. The Morgan fingerprint density at radius 3 is 2.26 bits per heavy atom. The Balaban J connectivity index is 1.38. The first-order chi connectivity index (χ1) is 17.3. The number of anilines is 1. The summed E-state index contributed by atoms with van der Waals surface area (Å²) in [6.07, 6.45) is 11.1. The molecule has 0 aliphatic carbocycles. The summed E-state index contributed by atoms with van der Waals surface area (Å²) in [5, 5.41) is 6.49. The minimum absolute atomic E-state index is 0.924. The maximum absolute atomic E-state index is 2.40. The van der Waals surface area contributed by atoms with E-state index in [1.165, 1.54) is 55.1 Å². The van der Waals surface area contributed by atoms with Gasteiger partial charge in [0.1, 0.15) is 6.54 Å². The Hall–Kier alpha value is -4.17. The van der Waals surface area contributed by atoms with Crippen molar-refractivity contribution in [1.29, 1.82) is 0 Å². The van der Waals surface area contributed by atoms with Crippen LogP contribution in [0.1, 0.15) is 25.1 Å². The predicted octanol–water partition coefficient (Wildman–Crippen LogP) is 7.90. The molecule has 2 heterocycles. The van der Waals surface area contributed by atoms with E-state index in [1.54, 1.807) is 0 Å². The molecule has 0 unspecified atom stereocenters. The second-order valence-electron chi connectivity index (χ2n) is 8.97. The zero-order valence-corrected chi connectivity index (χ0v) is 20.3. The highest BCUT2D eigenvalue weighted by molar-refractivity contribution is 6.05. The van der Waals surface area contributed by atoms with Crippen molar-refractivity contribution < 1.29 is 4.57 Å². The van der Waals surface area contributed by atoms with Gasteiger partial charge >= 0.3 is 0 Å². The topological polar surface area (TPSA) is 7.12 Å². The predicted molar refractivity (Wildman–Crippen MR) is 150 cm³/mol. The third-order valence-electron chi connectivity index (χ3n) is 7.11. The van der Waals surface area contributed by atoms with E-state index in [1.807, 2.05) is 0 Å². The molecule has 35 heavy (non-hydrogen) atoms. The van der Waals surface area contributed by atoms with E-state index in [-0.39, 0.29) is 0 Å². The molecule has 0 bridgehead atoms. The van der Waals surface area contributed by atoms with Gasteiger partial charge in [-0.15, -0.1) is 0 Å². The van der Waals surface area contributed by atoms with Gasteiger partial charge < -0.3 is 4.90 Å². The van der Waals surface area contributed by atoms with Crippen molar-refractivity contribution in [2.75, 3.05) is 11.4 Å². The molecule has 170 valence electrons. The van der Waals surface area contributed by atoms with E-state index in [0.29, 0.717) is 0 Å². The lowest BCUT2D eigenvalue weighted by molar-refractivity contribution is -0.669. The molecule has 6 rings (SSSR count). The number of aromatic nitrogens is 1. The number of likely N-dealkylation sites (N-methyl/N-ethyl adjacent to an activating group) is 1. The summed E-state index contributed by atoms with van der Waals surface area (Å²) in [6, 6.07) is 30.7. The average Bonchev–Trinajstić information content (AvgIpc) is 2.92. The summed E-state index contributed by atoms with van der Waals surface area (Å²) in [4.78, 5) is 2.40. The van der Waals surface area contributed by atoms with Crippen LogP contribution in [0.15, 0.2) is 109 Å². The number of benzene rings is 4. The molecule has 1 aliphatic heterocycles. The van der Waals surface area contributed by atoms with E-state index in [2.05, 4.69) is 139 Å². The standard InChI is InChI=1S/C33H29N2/c1-3-34-26(18-20-30-28-14-7-5-10-24(28)16-22-32(30)34)12-9-13-27-19-21-31-29-15-8-6-11-25(29)17-23-33(31)35(27)4-2/h5-23H,3-4H2,1-2H3/q+1. The van der Waals surface area contributed by atoms with Gasteiger partial charge in [0, 0.05) is 41.7 Å². The van der Waals surface area contributed by atoms with Gasteiger partial charge in [-0.1, -0.05) is 66.7 Å². The SMILES string of the molecule is CCN1/C(=C\C=C\c2ccc3c4ccccc4ccc3[n+]2CC)C=Cc2c1ccc1ccccc21. The van der Waals surface area contributed by atoms with E-state index in [4.69, 9.17) is 0 Å². The first-order valence-electron chi connectivity index (χ1n) is 12.5. The van der Waals surface area contributed by atoms with Gasteiger partial charge in [-0.05, 0) is 65.7 Å². The minimum Gasteiger partial charge on any atom is -0.341 e. The molecular formula is C33H29N2+. The lowest BCUT2D eigenvalue weighted by Crippen LogP contribution is -2.36. The molecule has 2 heteroatoms. The van der Waals surface area contributed by atoms with E-state index in [9.17, 15) is 0 Å². The van der Waals surface area contributed by atoms with Crippen molar-refractivity contribution in [3.05, 3.63) is 120 Å². The number of fused-ring (bicyclic) bond motifs is 6. The van der Waals surface area contributed by atoms with Gasteiger partial charge in [0.05, 0.1) is 5.39 Å². The first kappa shape index (κ1) is 21.4. The van der Waals surface area contributed by atoms with E-state index >= 15 is 0 Å². The summed E-state index contributed by atoms with van der Waals surface area (Å²) in [5.74, 6) is 0. The summed E-state index contributed by atoms with van der Waals surface area (Å²) < 4.78 is 2.40. The van der Waals surface area contributed by atoms with Gasteiger partial charge in [0.25, 0.3) is 0 Å². The third-order valence-corrected chi connectivity index (χ3v) is 7.11. The zero-order valence-electron chi connectivity index (χ0n) is 20.3. The van der Waals surface area contributed by atoms with E-state index in [0.717, 1.165) is 13.1 Å². The molecular weight excluding hydrogens is 424 g/mol. The molecule has 2 nitrogen and oxygen atoms in total. The number of pyridine rings is 1. The van der Waals surface area contributed by atoms with Crippen LogP contribution >= 0.6 is 0 Å². The first-order valence-corrected chi connectivity index (χ1v) is 12.5. The van der Waals surface area contributed by atoms with Crippen molar-refractivity contribution in [3.63, 3.8) is 0 Å². The fourth-order valence-corrected chi connectivity index (χ4v) is 5.43. The maximum Gasteiger partial charge on any atom is 0.213 e. The van der Waals surface area contributed by atoms with Crippen molar-refractivity contribution >= 4 is 50.3 Å². The average molecular weight is 454 g/mol. The normalized spacial score (nSPS) is 14.6. The van der Waals surface area contributed by atoms with Gasteiger partial charge in [0.15, 0.2) is 0 Å². The van der Waals surface area contributed by atoms with Gasteiger partial charge in [-0.3, -0.25) is 0 Å². The third kappa shape index (κ3) is 3.63. The molecule has 0 saturated carbocycles. The highest BCUT2D eigenvalue weighted by Crippen LogP contribution is 2.36. The smallest absolute Gasteiger partial charge is 0.213 e. The second kappa shape index (κ2) is 8.88. The Morgan fingerprint density at radius 2 is 1.46 bits per heavy atom. The van der Waals surface area contributed by atoms with Crippen LogP contribution in [0.2, 0.25) is 0 Å². The molecule has 0 saturated heterocycles. The van der Waals surface area contributed by atoms with Crippen molar-refractivity contribution in [2.24, 2.45) is 0 Å². The minimum atomic E-state index is 0.924. The fourth-order valence-electron chi connectivity index (χ4n) is 5.43. The van der Waals surface area contributed by atoms with Gasteiger partial charge in [-0.2, -0.15) is 4.57 Å². The number of rotatable bonds is 4. The molecule has 1 aromatic heterocycles. The number of allylic oxidation sites excluding steroid dienone is 3. The van der Waals surface area contributed by atoms with Crippen LogP contribution in [-0.2, 0) is 6.54 Å². The van der Waals surface area contributed by atoms with Gasteiger partial charge in [-0.25, -0.2) is 0 Å². The molecule has 5 aromatic rings. The highest BCUT2D eigenvalue weighted by atomic mass is 15.1. The van der Waals surface area contributed by atoms with Crippen LogP contribution in [0.25, 0.3) is 44.6 Å². The largest absolute Gasteiger partial charge is 0.341 e. The fraction of sp³-hybridized carbons (Fsp3) is 0.121. The monoisotopic (exact) mass is 453 g/mol. The molecule has 0 amide bonds. The Kier molecular flexibility index (Phi) is 5.42. The van der Waals surface area contributed by atoms with Crippen LogP contribution < -0.4 is 9.47 Å². The van der Waals surface area contributed by atoms with E-state index < -0.39 is 0 Å². The lowest BCUT2D eigenvalue weighted by Gasteiger charge is -2.30. The van der Waals surface area contributed by atoms with Crippen LogP contribution in [0.4, 0.5) is 5.69 Å². The summed E-state index contributed by atoms with van der Waals surface area (Å²) in [5.41, 5.74) is 6.27. The number of hydrogen-bond donors (Lipinski definition) is 0. The number of hydrogen-bond acceptors (Lipinski definition) is 1. The van der Waals surface area contributed by atoms with Crippen molar-refractivity contribution in [2.45, 2.75) is 20.4 Å². The Bertz CT molecular complexity index is 1670. The van der Waals surface area contributed by atoms with Crippen molar-refractivity contribution in [3.8, 4) is 0 Å². The van der Waals surface area contributed by atoms with Gasteiger partial charge in [0.2, 0.25) is 11.2 Å². The molecule has 0 radical (unpaired) electrons. The molecule has 0 spiro atoms. The lowest BCUT2D eigenvalue weighted by atomic mass is 9.98. The van der Waals surface area contributed by atoms with Crippen LogP contribution in [-0.4, -0.2) is 6.54 Å². The molecule has 4 aromatic carbocycles. The molecule has 0 fully saturated rings.